The summed E-state index contributed by atoms with van der Waals surface area (Å²) in [4.78, 5) is 21.0. The highest BCUT2D eigenvalue weighted by Gasteiger charge is 2.04. The maximum absolute atomic E-state index is 12.4. The predicted octanol–water partition coefficient (Wildman–Crippen LogP) is 5.85. The van der Waals surface area contributed by atoms with Crippen LogP contribution in [-0.4, -0.2) is 15.8 Å². The molecule has 1 heterocycles. The highest BCUT2D eigenvalue weighted by atomic mass is 35.5. The summed E-state index contributed by atoms with van der Waals surface area (Å²) < 4.78 is 0. The lowest BCUT2D eigenvalue weighted by Gasteiger charge is -2.03. The van der Waals surface area contributed by atoms with Gasteiger partial charge in [-0.1, -0.05) is 60.1 Å². The van der Waals surface area contributed by atoms with E-state index >= 15 is 0 Å². The first-order valence-electron chi connectivity index (χ1n) is 8.48. The first-order valence-corrected chi connectivity index (χ1v) is 8.86. The second-order valence-corrected chi connectivity index (χ2v) is 6.52. The minimum absolute atomic E-state index is 0.0445. The van der Waals surface area contributed by atoms with Crippen LogP contribution in [-0.2, 0) is 0 Å². The van der Waals surface area contributed by atoms with Gasteiger partial charge in [0, 0.05) is 23.0 Å². The molecular formula is C23H15ClN2O. The fourth-order valence-corrected chi connectivity index (χ4v) is 2.95. The van der Waals surface area contributed by atoms with Gasteiger partial charge in [0.2, 0.25) is 0 Å². The van der Waals surface area contributed by atoms with Crippen molar-refractivity contribution in [1.29, 1.82) is 0 Å². The monoisotopic (exact) mass is 370 g/mol. The summed E-state index contributed by atoms with van der Waals surface area (Å²) in [5, 5.41) is 0.704. The molecule has 0 saturated heterocycles. The zero-order chi connectivity index (χ0) is 18.6. The smallest absolute Gasteiger partial charge is 0.185 e. The summed E-state index contributed by atoms with van der Waals surface area (Å²) in [6.45, 7) is 0. The van der Waals surface area contributed by atoms with Crippen molar-refractivity contribution in [2.75, 3.05) is 0 Å². The van der Waals surface area contributed by atoms with Crippen molar-refractivity contribution < 1.29 is 4.79 Å². The van der Waals surface area contributed by atoms with Gasteiger partial charge in [-0.2, -0.15) is 0 Å². The molecule has 0 unspecified atom stereocenters. The van der Waals surface area contributed by atoms with E-state index < -0.39 is 0 Å². The number of allylic oxidation sites excluding steroid dienone is 1. The predicted molar refractivity (Wildman–Crippen MR) is 110 cm³/mol. The third-order valence-electron chi connectivity index (χ3n) is 4.27. The fourth-order valence-electron chi connectivity index (χ4n) is 2.82. The van der Waals surface area contributed by atoms with Gasteiger partial charge < -0.3 is 0 Å². The Bertz CT molecular complexity index is 1130. The molecule has 4 rings (SSSR count). The van der Waals surface area contributed by atoms with Crippen molar-refractivity contribution in [3.63, 3.8) is 0 Å². The van der Waals surface area contributed by atoms with Crippen LogP contribution in [0.3, 0.4) is 0 Å². The van der Waals surface area contributed by atoms with Gasteiger partial charge in [0.15, 0.2) is 5.78 Å². The molecule has 3 aromatic carbocycles. The minimum atomic E-state index is -0.0445. The molecule has 0 fully saturated rings. The molecule has 3 nitrogen and oxygen atoms in total. The highest BCUT2D eigenvalue weighted by molar-refractivity contribution is 6.30. The SMILES string of the molecule is O=C(/C=C/c1ccc2nccnc2c1)c1ccc(-c2ccc(Cl)cc2)cc1. The number of hydrogen-bond donors (Lipinski definition) is 0. The Labute approximate surface area is 162 Å². The molecule has 0 radical (unpaired) electrons. The number of rotatable bonds is 4. The Kier molecular flexibility index (Phi) is 4.77. The molecule has 0 spiro atoms. The standard InChI is InChI=1S/C23H15ClN2O/c24-20-9-7-18(8-10-20)17-3-5-19(6-4-17)23(27)12-2-16-1-11-21-22(15-16)26-14-13-25-21/h1-15H/b12-2+. The number of halogens is 1. The minimum Gasteiger partial charge on any atom is -0.289 e. The van der Waals surface area contributed by atoms with E-state index in [1.807, 2.05) is 66.7 Å². The van der Waals surface area contributed by atoms with Crippen LogP contribution in [0.15, 0.2) is 85.2 Å². The van der Waals surface area contributed by atoms with E-state index in [1.54, 1.807) is 24.5 Å². The molecule has 4 aromatic rings. The third kappa shape index (κ3) is 3.94. The largest absolute Gasteiger partial charge is 0.289 e. The molecule has 4 heteroatoms. The van der Waals surface area contributed by atoms with Crippen molar-refractivity contribution in [2.45, 2.75) is 0 Å². The van der Waals surface area contributed by atoms with Gasteiger partial charge in [-0.25, -0.2) is 0 Å². The molecule has 0 aliphatic rings. The molecule has 0 aliphatic carbocycles. The second kappa shape index (κ2) is 7.52. The number of ketones is 1. The van der Waals surface area contributed by atoms with Gasteiger partial charge >= 0.3 is 0 Å². The van der Waals surface area contributed by atoms with Crippen molar-refractivity contribution in [1.82, 2.24) is 9.97 Å². The third-order valence-corrected chi connectivity index (χ3v) is 4.52. The van der Waals surface area contributed by atoms with Crippen LogP contribution in [0, 0.1) is 0 Å². The van der Waals surface area contributed by atoms with E-state index in [9.17, 15) is 4.79 Å². The maximum atomic E-state index is 12.4. The number of fused-ring (bicyclic) bond motifs is 1. The zero-order valence-electron chi connectivity index (χ0n) is 14.3. The van der Waals surface area contributed by atoms with Crippen molar-refractivity contribution in [2.24, 2.45) is 0 Å². The van der Waals surface area contributed by atoms with Gasteiger partial charge in [0.1, 0.15) is 0 Å². The summed E-state index contributed by atoms with van der Waals surface area (Å²) in [5.74, 6) is -0.0445. The number of carbonyl (C=O) groups is 1. The van der Waals surface area contributed by atoms with E-state index in [4.69, 9.17) is 11.6 Å². The van der Waals surface area contributed by atoms with Crippen LogP contribution < -0.4 is 0 Å². The zero-order valence-corrected chi connectivity index (χ0v) is 15.1. The van der Waals surface area contributed by atoms with E-state index in [0.717, 1.165) is 27.7 Å². The summed E-state index contributed by atoms with van der Waals surface area (Å²) in [7, 11) is 0. The number of carbonyl (C=O) groups excluding carboxylic acids is 1. The van der Waals surface area contributed by atoms with Gasteiger partial charge in [0.05, 0.1) is 11.0 Å². The summed E-state index contributed by atoms with van der Waals surface area (Å²) in [5.41, 5.74) is 5.29. The Balaban J connectivity index is 1.51. The molecule has 1 aromatic heterocycles. The molecule has 27 heavy (non-hydrogen) atoms. The van der Waals surface area contributed by atoms with Crippen LogP contribution in [0.1, 0.15) is 15.9 Å². The lowest BCUT2D eigenvalue weighted by atomic mass is 10.0. The number of benzene rings is 3. The van der Waals surface area contributed by atoms with E-state index in [-0.39, 0.29) is 5.78 Å². The van der Waals surface area contributed by atoms with E-state index in [1.165, 1.54) is 0 Å². The van der Waals surface area contributed by atoms with E-state index in [2.05, 4.69) is 9.97 Å². The molecular weight excluding hydrogens is 356 g/mol. The first-order chi connectivity index (χ1) is 13.2. The Morgan fingerprint density at radius 2 is 1.41 bits per heavy atom. The average molecular weight is 371 g/mol. The van der Waals surface area contributed by atoms with Crippen LogP contribution in [0.5, 0.6) is 0 Å². The maximum Gasteiger partial charge on any atom is 0.185 e. The van der Waals surface area contributed by atoms with Crippen LogP contribution in [0.25, 0.3) is 28.2 Å². The molecule has 130 valence electrons. The lowest BCUT2D eigenvalue weighted by Crippen LogP contribution is -1.94. The number of aromatic nitrogens is 2. The number of nitrogens with zero attached hydrogens (tertiary/aromatic N) is 2. The van der Waals surface area contributed by atoms with Crippen molar-refractivity contribution in [3.8, 4) is 11.1 Å². The Morgan fingerprint density at radius 3 is 2.11 bits per heavy atom. The Morgan fingerprint density at radius 1 is 0.778 bits per heavy atom. The van der Waals surface area contributed by atoms with Crippen molar-refractivity contribution in [3.05, 3.63) is 101 Å². The molecule has 0 N–H and O–H groups in total. The summed E-state index contributed by atoms with van der Waals surface area (Å²) >= 11 is 5.92. The first kappa shape index (κ1) is 17.1. The summed E-state index contributed by atoms with van der Waals surface area (Å²) in [6, 6.07) is 20.9. The van der Waals surface area contributed by atoms with Gasteiger partial charge in [-0.3, -0.25) is 14.8 Å². The molecule has 0 aliphatic heterocycles. The topological polar surface area (TPSA) is 42.9 Å². The van der Waals surface area contributed by atoms with Crippen LogP contribution in [0.2, 0.25) is 5.02 Å². The van der Waals surface area contributed by atoms with Gasteiger partial charge in [-0.05, 0) is 47.0 Å². The highest BCUT2D eigenvalue weighted by Crippen LogP contribution is 2.22. The van der Waals surface area contributed by atoms with Gasteiger partial charge in [-0.15, -0.1) is 0 Å². The van der Waals surface area contributed by atoms with Crippen molar-refractivity contribution >= 4 is 34.5 Å². The van der Waals surface area contributed by atoms with Gasteiger partial charge in [0.25, 0.3) is 0 Å². The lowest BCUT2D eigenvalue weighted by molar-refractivity contribution is 0.104. The molecule has 0 amide bonds. The molecule has 0 atom stereocenters. The Hall–Kier alpha value is -3.30. The fraction of sp³-hybridized carbons (Fsp3) is 0. The van der Waals surface area contributed by atoms with Crippen LogP contribution >= 0.6 is 11.6 Å². The number of hydrogen-bond acceptors (Lipinski definition) is 3. The molecule has 0 saturated carbocycles. The quantitative estimate of drug-likeness (QED) is 0.334. The summed E-state index contributed by atoms with van der Waals surface area (Å²) in [6.07, 6.45) is 6.69. The molecule has 0 bridgehead atoms. The van der Waals surface area contributed by atoms with E-state index in [0.29, 0.717) is 10.6 Å². The average Bonchev–Trinajstić information content (AvgIpc) is 2.72. The second-order valence-electron chi connectivity index (χ2n) is 6.09. The van der Waals surface area contributed by atoms with Crippen LogP contribution in [0.4, 0.5) is 0 Å². The normalized spacial score (nSPS) is 11.1.